The van der Waals surface area contributed by atoms with Crippen molar-refractivity contribution in [3.8, 4) is 0 Å². The maximum atomic E-state index is 11.7. The minimum absolute atomic E-state index is 0.430. The number of unbranched alkanes of at least 4 members (excludes halogenated alkanes) is 9. The van der Waals surface area contributed by atoms with Crippen LogP contribution in [-0.4, -0.2) is 11.9 Å². The molecule has 0 atom stereocenters. The average Bonchev–Trinajstić information content (AvgIpc) is 2.84. The summed E-state index contributed by atoms with van der Waals surface area (Å²) in [6.45, 7) is 2.25. The molecular formula is C20H28O3. The van der Waals surface area contributed by atoms with E-state index in [0.29, 0.717) is 11.1 Å². The van der Waals surface area contributed by atoms with Gasteiger partial charge in [-0.15, -0.1) is 0 Å². The third kappa shape index (κ3) is 5.19. The molecule has 0 fully saturated rings. The largest absolute Gasteiger partial charge is 0.386 e. The molecule has 3 nitrogen and oxygen atoms in total. The lowest BCUT2D eigenvalue weighted by Gasteiger charge is -2.05. The second kappa shape index (κ2) is 9.49. The fourth-order valence-corrected chi connectivity index (χ4v) is 3.21. The molecule has 1 aromatic rings. The van der Waals surface area contributed by atoms with Crippen LogP contribution in [0.5, 0.6) is 0 Å². The molecule has 1 aromatic carbocycles. The van der Waals surface area contributed by atoms with Gasteiger partial charge in [0.1, 0.15) is 0 Å². The zero-order valence-corrected chi connectivity index (χ0v) is 14.2. The van der Waals surface area contributed by atoms with Crippen molar-refractivity contribution in [3.05, 3.63) is 34.9 Å². The number of aryl methyl sites for hydroxylation is 1. The van der Waals surface area contributed by atoms with Crippen molar-refractivity contribution < 1.29 is 14.3 Å². The molecule has 0 aromatic heterocycles. The lowest BCUT2D eigenvalue weighted by Crippen LogP contribution is -2.00. The number of benzene rings is 1. The summed E-state index contributed by atoms with van der Waals surface area (Å²) in [6, 6.07) is 5.45. The van der Waals surface area contributed by atoms with Crippen LogP contribution in [0.15, 0.2) is 18.2 Å². The van der Waals surface area contributed by atoms with E-state index in [1.165, 1.54) is 57.8 Å². The SMILES string of the molecule is CCCCCCCCCCCCc1cccc2c1C(=O)OC2=O. The first-order valence-corrected chi connectivity index (χ1v) is 9.12. The number of fused-ring (bicyclic) bond motifs is 1. The highest BCUT2D eigenvalue weighted by Crippen LogP contribution is 2.25. The van der Waals surface area contributed by atoms with E-state index >= 15 is 0 Å². The van der Waals surface area contributed by atoms with Crippen molar-refractivity contribution in [2.24, 2.45) is 0 Å². The molecule has 0 bridgehead atoms. The zero-order chi connectivity index (χ0) is 16.5. The Labute approximate surface area is 139 Å². The summed E-state index contributed by atoms with van der Waals surface area (Å²) in [5.74, 6) is -0.984. The molecule has 0 saturated carbocycles. The maximum absolute atomic E-state index is 11.7. The topological polar surface area (TPSA) is 43.4 Å². The van der Waals surface area contributed by atoms with Crippen molar-refractivity contribution in [1.82, 2.24) is 0 Å². The molecule has 126 valence electrons. The Morgan fingerprint density at radius 3 is 2.04 bits per heavy atom. The van der Waals surface area contributed by atoms with Crippen LogP contribution in [0.4, 0.5) is 0 Å². The normalized spacial score (nSPS) is 13.3. The maximum Gasteiger partial charge on any atom is 0.347 e. The standard InChI is InChI=1S/C20H28O3/c1-2-3-4-5-6-7-8-9-10-11-13-16-14-12-15-17-18(16)20(22)23-19(17)21/h12,14-15H,2-11,13H2,1H3. The molecule has 0 spiro atoms. The van der Waals surface area contributed by atoms with Crippen LogP contribution in [0.25, 0.3) is 0 Å². The third-order valence-corrected chi connectivity index (χ3v) is 4.56. The molecule has 0 unspecified atom stereocenters. The number of carbonyl (C=O) groups excluding carboxylic acids is 2. The van der Waals surface area contributed by atoms with Gasteiger partial charge in [-0.05, 0) is 24.5 Å². The van der Waals surface area contributed by atoms with Crippen molar-refractivity contribution in [3.63, 3.8) is 0 Å². The number of hydrogen-bond donors (Lipinski definition) is 0. The third-order valence-electron chi connectivity index (χ3n) is 4.56. The monoisotopic (exact) mass is 316 g/mol. The summed E-state index contributed by atoms with van der Waals surface area (Å²) in [7, 11) is 0. The van der Waals surface area contributed by atoms with Gasteiger partial charge in [0.2, 0.25) is 0 Å². The second-order valence-corrected chi connectivity index (χ2v) is 6.45. The van der Waals surface area contributed by atoms with E-state index in [0.717, 1.165) is 18.4 Å². The van der Waals surface area contributed by atoms with Crippen LogP contribution >= 0.6 is 0 Å². The molecule has 1 heterocycles. The van der Waals surface area contributed by atoms with Crippen molar-refractivity contribution >= 4 is 11.9 Å². The minimum atomic E-state index is -0.505. The number of cyclic esters (lactones) is 2. The Kier molecular flexibility index (Phi) is 7.31. The van der Waals surface area contributed by atoms with E-state index in [1.807, 2.05) is 12.1 Å². The summed E-state index contributed by atoms with van der Waals surface area (Å²) in [4.78, 5) is 23.3. The fourth-order valence-electron chi connectivity index (χ4n) is 3.21. The van der Waals surface area contributed by atoms with Gasteiger partial charge in [0, 0.05) is 0 Å². The fraction of sp³-hybridized carbons (Fsp3) is 0.600. The predicted molar refractivity (Wildman–Crippen MR) is 91.7 cm³/mol. The molecule has 0 saturated heterocycles. The Balaban J connectivity index is 1.63. The highest BCUT2D eigenvalue weighted by molar-refractivity contribution is 6.15. The van der Waals surface area contributed by atoms with E-state index in [9.17, 15) is 9.59 Å². The first kappa shape index (κ1) is 17.7. The van der Waals surface area contributed by atoms with Gasteiger partial charge < -0.3 is 4.74 Å². The molecule has 1 aliphatic heterocycles. The van der Waals surface area contributed by atoms with E-state index < -0.39 is 11.9 Å². The Bertz CT molecular complexity index is 534. The first-order valence-electron chi connectivity index (χ1n) is 9.12. The van der Waals surface area contributed by atoms with Crippen molar-refractivity contribution in [1.29, 1.82) is 0 Å². The van der Waals surface area contributed by atoms with Crippen molar-refractivity contribution in [2.45, 2.75) is 77.6 Å². The van der Waals surface area contributed by atoms with Crippen LogP contribution in [0.1, 0.15) is 97.4 Å². The van der Waals surface area contributed by atoms with Crippen LogP contribution in [0, 0.1) is 0 Å². The van der Waals surface area contributed by atoms with Gasteiger partial charge in [-0.1, -0.05) is 76.8 Å². The first-order chi connectivity index (χ1) is 11.2. The lowest BCUT2D eigenvalue weighted by atomic mass is 9.97. The molecule has 0 N–H and O–H groups in total. The zero-order valence-electron chi connectivity index (χ0n) is 14.2. The summed E-state index contributed by atoms with van der Waals surface area (Å²) in [6.07, 6.45) is 13.8. The van der Waals surface area contributed by atoms with Crippen molar-refractivity contribution in [2.75, 3.05) is 0 Å². The number of esters is 2. The summed E-state index contributed by atoms with van der Waals surface area (Å²) >= 11 is 0. The molecule has 2 rings (SSSR count). The van der Waals surface area contributed by atoms with Gasteiger partial charge in [-0.25, -0.2) is 9.59 Å². The van der Waals surface area contributed by atoms with Gasteiger partial charge in [0.05, 0.1) is 11.1 Å². The van der Waals surface area contributed by atoms with Crippen LogP contribution in [0.3, 0.4) is 0 Å². The summed E-state index contributed by atoms with van der Waals surface area (Å²) in [5, 5.41) is 0. The van der Waals surface area contributed by atoms with E-state index in [1.54, 1.807) is 6.07 Å². The van der Waals surface area contributed by atoms with E-state index in [-0.39, 0.29) is 0 Å². The number of carbonyl (C=O) groups is 2. The van der Waals surface area contributed by atoms with Crippen LogP contribution in [-0.2, 0) is 11.2 Å². The summed E-state index contributed by atoms with van der Waals surface area (Å²) in [5.41, 5.74) is 1.88. The average molecular weight is 316 g/mol. The lowest BCUT2D eigenvalue weighted by molar-refractivity contribution is 0.0443. The molecule has 0 aliphatic carbocycles. The van der Waals surface area contributed by atoms with Crippen LogP contribution < -0.4 is 0 Å². The minimum Gasteiger partial charge on any atom is -0.386 e. The smallest absolute Gasteiger partial charge is 0.347 e. The highest BCUT2D eigenvalue weighted by Gasteiger charge is 2.31. The Hall–Kier alpha value is -1.64. The number of hydrogen-bond acceptors (Lipinski definition) is 3. The van der Waals surface area contributed by atoms with E-state index in [4.69, 9.17) is 4.74 Å². The molecule has 23 heavy (non-hydrogen) atoms. The van der Waals surface area contributed by atoms with Crippen LogP contribution in [0.2, 0.25) is 0 Å². The highest BCUT2D eigenvalue weighted by atomic mass is 16.6. The second-order valence-electron chi connectivity index (χ2n) is 6.45. The van der Waals surface area contributed by atoms with Gasteiger partial charge in [-0.3, -0.25) is 0 Å². The van der Waals surface area contributed by atoms with Gasteiger partial charge >= 0.3 is 11.9 Å². The van der Waals surface area contributed by atoms with Gasteiger partial charge in [0.15, 0.2) is 0 Å². The molecular weight excluding hydrogens is 288 g/mol. The molecule has 0 radical (unpaired) electrons. The van der Waals surface area contributed by atoms with Gasteiger partial charge in [0.25, 0.3) is 0 Å². The van der Waals surface area contributed by atoms with E-state index in [2.05, 4.69) is 6.92 Å². The number of ether oxygens (including phenoxy) is 1. The molecule has 1 aliphatic rings. The van der Waals surface area contributed by atoms with Gasteiger partial charge in [-0.2, -0.15) is 0 Å². The predicted octanol–water partition coefficient (Wildman–Crippen LogP) is 5.46. The Morgan fingerprint density at radius 2 is 1.39 bits per heavy atom. The quantitative estimate of drug-likeness (QED) is 0.309. The number of rotatable bonds is 11. The molecule has 3 heteroatoms. The summed E-state index contributed by atoms with van der Waals surface area (Å²) < 4.78 is 4.69. The Morgan fingerprint density at radius 1 is 0.783 bits per heavy atom. The molecule has 0 amide bonds.